The monoisotopic (exact) mass is 329 g/mol. The Kier molecular flexibility index (Phi) is 4.18. The SMILES string of the molecule is NC(=NO)c1ccc(C2(C(=O)Nc3ccc(F)cc3)COC2)cc1. The van der Waals surface area contributed by atoms with Crippen molar-refractivity contribution < 1.29 is 19.1 Å². The van der Waals surface area contributed by atoms with Gasteiger partial charge in [-0.1, -0.05) is 29.4 Å². The number of ether oxygens (including phenoxy) is 1. The second-order valence-electron chi connectivity index (χ2n) is 5.60. The minimum atomic E-state index is -0.808. The van der Waals surface area contributed by atoms with E-state index < -0.39 is 5.41 Å². The lowest BCUT2D eigenvalue weighted by molar-refractivity contribution is -0.139. The summed E-state index contributed by atoms with van der Waals surface area (Å²) < 4.78 is 18.2. The highest BCUT2D eigenvalue weighted by atomic mass is 19.1. The summed E-state index contributed by atoms with van der Waals surface area (Å²) in [6.45, 7) is 0.506. The first-order valence-electron chi connectivity index (χ1n) is 7.28. The summed E-state index contributed by atoms with van der Waals surface area (Å²) in [5, 5.41) is 14.4. The van der Waals surface area contributed by atoms with E-state index in [1.165, 1.54) is 24.3 Å². The summed E-state index contributed by atoms with van der Waals surface area (Å²) in [6.07, 6.45) is 0. The highest BCUT2D eigenvalue weighted by Crippen LogP contribution is 2.34. The molecule has 1 aliphatic heterocycles. The summed E-state index contributed by atoms with van der Waals surface area (Å²) in [7, 11) is 0. The first kappa shape index (κ1) is 15.9. The first-order valence-corrected chi connectivity index (χ1v) is 7.28. The highest BCUT2D eigenvalue weighted by Gasteiger charge is 2.47. The molecule has 0 radical (unpaired) electrons. The van der Waals surface area contributed by atoms with Crippen molar-refractivity contribution in [3.63, 3.8) is 0 Å². The second-order valence-corrected chi connectivity index (χ2v) is 5.60. The Hall–Kier alpha value is -2.93. The topological polar surface area (TPSA) is 96.9 Å². The molecule has 0 atom stereocenters. The Balaban J connectivity index is 1.83. The molecule has 0 unspecified atom stereocenters. The summed E-state index contributed by atoms with van der Waals surface area (Å²) in [6, 6.07) is 12.4. The van der Waals surface area contributed by atoms with Crippen LogP contribution >= 0.6 is 0 Å². The van der Waals surface area contributed by atoms with Crippen molar-refractivity contribution in [3.8, 4) is 0 Å². The number of carbonyl (C=O) groups is 1. The third kappa shape index (κ3) is 2.81. The normalized spacial score (nSPS) is 16.3. The van der Waals surface area contributed by atoms with E-state index in [4.69, 9.17) is 15.7 Å². The van der Waals surface area contributed by atoms with Gasteiger partial charge in [0.25, 0.3) is 0 Å². The predicted octanol–water partition coefficient (Wildman–Crippen LogP) is 1.83. The molecule has 0 bridgehead atoms. The summed E-state index contributed by atoms with van der Waals surface area (Å²) in [5.74, 6) is -0.596. The maximum Gasteiger partial charge on any atom is 0.239 e. The third-order valence-corrected chi connectivity index (χ3v) is 4.07. The van der Waals surface area contributed by atoms with Crippen LogP contribution in [0.3, 0.4) is 0 Å². The number of amidine groups is 1. The van der Waals surface area contributed by atoms with Crippen molar-refractivity contribution in [1.29, 1.82) is 0 Å². The van der Waals surface area contributed by atoms with E-state index in [1.807, 2.05) is 0 Å². The Morgan fingerprint density at radius 3 is 2.29 bits per heavy atom. The van der Waals surface area contributed by atoms with Gasteiger partial charge in [-0.25, -0.2) is 4.39 Å². The van der Waals surface area contributed by atoms with E-state index >= 15 is 0 Å². The van der Waals surface area contributed by atoms with E-state index in [1.54, 1.807) is 24.3 Å². The molecule has 7 heteroatoms. The smallest absolute Gasteiger partial charge is 0.239 e. The molecular weight excluding hydrogens is 313 g/mol. The van der Waals surface area contributed by atoms with Crippen LogP contribution in [0.2, 0.25) is 0 Å². The third-order valence-electron chi connectivity index (χ3n) is 4.07. The molecule has 0 saturated carbocycles. The number of anilines is 1. The number of benzene rings is 2. The molecule has 1 heterocycles. The van der Waals surface area contributed by atoms with Crippen molar-refractivity contribution in [2.24, 2.45) is 10.9 Å². The fourth-order valence-electron chi connectivity index (χ4n) is 2.54. The minimum Gasteiger partial charge on any atom is -0.409 e. The van der Waals surface area contributed by atoms with Crippen LogP contribution in [0.4, 0.5) is 10.1 Å². The zero-order valence-corrected chi connectivity index (χ0v) is 12.7. The fourth-order valence-corrected chi connectivity index (χ4v) is 2.54. The number of halogens is 1. The Morgan fingerprint density at radius 2 is 1.79 bits per heavy atom. The molecule has 1 fully saturated rings. The van der Waals surface area contributed by atoms with Crippen LogP contribution in [0.15, 0.2) is 53.7 Å². The number of hydrogen-bond acceptors (Lipinski definition) is 4. The number of hydrogen-bond donors (Lipinski definition) is 3. The second kappa shape index (κ2) is 6.29. The molecule has 6 nitrogen and oxygen atoms in total. The average Bonchev–Trinajstić information content (AvgIpc) is 2.56. The number of oxime groups is 1. The van der Waals surface area contributed by atoms with Gasteiger partial charge in [0, 0.05) is 11.3 Å². The van der Waals surface area contributed by atoms with Crippen LogP contribution < -0.4 is 11.1 Å². The van der Waals surface area contributed by atoms with Gasteiger partial charge in [-0.05, 0) is 29.8 Å². The lowest BCUT2D eigenvalue weighted by Gasteiger charge is -2.40. The van der Waals surface area contributed by atoms with Crippen LogP contribution in [0.1, 0.15) is 11.1 Å². The minimum absolute atomic E-state index is 0.00350. The summed E-state index contributed by atoms with van der Waals surface area (Å²) in [4.78, 5) is 12.7. The van der Waals surface area contributed by atoms with Crippen LogP contribution in [0.5, 0.6) is 0 Å². The number of rotatable bonds is 4. The lowest BCUT2D eigenvalue weighted by Crippen LogP contribution is -2.55. The van der Waals surface area contributed by atoms with Crippen molar-refractivity contribution in [1.82, 2.24) is 0 Å². The van der Waals surface area contributed by atoms with E-state index in [-0.39, 0.29) is 30.8 Å². The molecule has 124 valence electrons. The van der Waals surface area contributed by atoms with Gasteiger partial charge in [-0.15, -0.1) is 0 Å². The molecule has 0 spiro atoms. The number of amides is 1. The van der Waals surface area contributed by atoms with Crippen LogP contribution in [0.25, 0.3) is 0 Å². The van der Waals surface area contributed by atoms with Crippen LogP contribution in [-0.4, -0.2) is 30.2 Å². The van der Waals surface area contributed by atoms with Crippen LogP contribution in [-0.2, 0) is 14.9 Å². The van der Waals surface area contributed by atoms with Crippen molar-refractivity contribution in [3.05, 3.63) is 65.5 Å². The molecule has 1 amide bonds. The molecule has 2 aromatic rings. The largest absolute Gasteiger partial charge is 0.409 e. The standard InChI is InChI=1S/C17H16FN3O3/c18-13-5-7-14(8-6-13)20-16(22)17(9-24-10-17)12-3-1-11(2-4-12)15(19)21-23/h1-8,23H,9-10H2,(H2,19,21)(H,20,22). The van der Waals surface area contributed by atoms with Gasteiger partial charge in [0.2, 0.25) is 5.91 Å². The molecule has 0 aliphatic carbocycles. The average molecular weight is 329 g/mol. The van der Waals surface area contributed by atoms with Gasteiger partial charge in [0.1, 0.15) is 11.2 Å². The Labute approximate surface area is 137 Å². The summed E-state index contributed by atoms with van der Waals surface area (Å²) >= 11 is 0. The zero-order chi connectivity index (χ0) is 17.2. The van der Waals surface area contributed by atoms with E-state index in [0.29, 0.717) is 11.3 Å². The molecule has 1 saturated heterocycles. The predicted molar refractivity (Wildman–Crippen MR) is 86.5 cm³/mol. The van der Waals surface area contributed by atoms with E-state index in [0.717, 1.165) is 5.56 Å². The van der Waals surface area contributed by atoms with Crippen molar-refractivity contribution >= 4 is 17.4 Å². The molecule has 0 aromatic heterocycles. The van der Waals surface area contributed by atoms with Gasteiger partial charge < -0.3 is 21.0 Å². The number of nitrogens with zero attached hydrogens (tertiary/aromatic N) is 1. The zero-order valence-electron chi connectivity index (χ0n) is 12.7. The molecular formula is C17H16FN3O3. The maximum atomic E-state index is 13.0. The number of nitrogens with one attached hydrogen (secondary N) is 1. The van der Waals surface area contributed by atoms with Crippen LogP contribution in [0, 0.1) is 5.82 Å². The first-order chi connectivity index (χ1) is 11.5. The lowest BCUT2D eigenvalue weighted by atomic mass is 9.77. The van der Waals surface area contributed by atoms with E-state index in [2.05, 4.69) is 10.5 Å². The molecule has 4 N–H and O–H groups in total. The number of carbonyl (C=O) groups excluding carboxylic acids is 1. The molecule has 2 aromatic carbocycles. The molecule has 1 aliphatic rings. The van der Waals surface area contributed by atoms with Gasteiger partial charge in [-0.3, -0.25) is 4.79 Å². The van der Waals surface area contributed by atoms with Crippen molar-refractivity contribution in [2.45, 2.75) is 5.41 Å². The number of nitrogens with two attached hydrogens (primary N) is 1. The summed E-state index contributed by atoms with van der Waals surface area (Å²) in [5.41, 5.74) is 6.56. The maximum absolute atomic E-state index is 13.0. The molecule has 24 heavy (non-hydrogen) atoms. The Bertz CT molecular complexity index is 769. The fraction of sp³-hybridized carbons (Fsp3) is 0.176. The molecule has 3 rings (SSSR count). The van der Waals surface area contributed by atoms with Gasteiger partial charge in [0.15, 0.2) is 5.84 Å². The van der Waals surface area contributed by atoms with E-state index in [9.17, 15) is 9.18 Å². The highest BCUT2D eigenvalue weighted by molar-refractivity contribution is 6.01. The van der Waals surface area contributed by atoms with Crippen molar-refractivity contribution in [2.75, 3.05) is 18.5 Å². The Morgan fingerprint density at radius 1 is 1.17 bits per heavy atom. The van der Waals surface area contributed by atoms with Gasteiger partial charge in [-0.2, -0.15) is 0 Å². The van der Waals surface area contributed by atoms with Gasteiger partial charge in [0.05, 0.1) is 13.2 Å². The van der Waals surface area contributed by atoms with Gasteiger partial charge >= 0.3 is 0 Å². The quantitative estimate of drug-likeness (QED) is 0.345.